The molecule has 21 heavy (non-hydrogen) atoms. The SMILES string of the molecule is CN=C(NCCc1cccc(C)c1)NCc1ccsc1.I. The maximum atomic E-state index is 4.23. The predicted octanol–water partition coefficient (Wildman–Crippen LogP) is 3.58. The Balaban J connectivity index is 0.00000220. The van der Waals surface area contributed by atoms with Crippen molar-refractivity contribution in [2.45, 2.75) is 19.9 Å². The molecule has 0 fully saturated rings. The summed E-state index contributed by atoms with van der Waals surface area (Å²) in [6.07, 6.45) is 1.00. The minimum absolute atomic E-state index is 0. The Morgan fingerprint density at radius 3 is 2.71 bits per heavy atom. The molecule has 5 heteroatoms. The van der Waals surface area contributed by atoms with E-state index >= 15 is 0 Å². The number of halogens is 1. The normalized spacial score (nSPS) is 10.9. The number of nitrogens with one attached hydrogen (secondary N) is 2. The summed E-state index contributed by atoms with van der Waals surface area (Å²) in [5.41, 5.74) is 3.95. The van der Waals surface area contributed by atoms with Crippen LogP contribution in [0.5, 0.6) is 0 Å². The summed E-state index contributed by atoms with van der Waals surface area (Å²) in [6, 6.07) is 10.7. The van der Waals surface area contributed by atoms with Crippen LogP contribution in [-0.2, 0) is 13.0 Å². The fourth-order valence-electron chi connectivity index (χ4n) is 1.99. The first kappa shape index (κ1) is 18.0. The van der Waals surface area contributed by atoms with E-state index in [9.17, 15) is 0 Å². The van der Waals surface area contributed by atoms with Crippen molar-refractivity contribution >= 4 is 41.3 Å². The molecule has 2 N–H and O–H groups in total. The van der Waals surface area contributed by atoms with Crippen molar-refractivity contribution in [3.63, 3.8) is 0 Å². The van der Waals surface area contributed by atoms with E-state index in [4.69, 9.17) is 0 Å². The van der Waals surface area contributed by atoms with Crippen LogP contribution < -0.4 is 10.6 Å². The third kappa shape index (κ3) is 6.48. The summed E-state index contributed by atoms with van der Waals surface area (Å²) in [4.78, 5) is 4.23. The second-order valence-electron chi connectivity index (χ2n) is 4.72. The van der Waals surface area contributed by atoms with Crippen LogP contribution in [-0.4, -0.2) is 19.6 Å². The van der Waals surface area contributed by atoms with Crippen molar-refractivity contribution in [1.82, 2.24) is 10.6 Å². The Bertz CT molecular complexity index is 552. The van der Waals surface area contributed by atoms with Crippen LogP contribution in [0.3, 0.4) is 0 Å². The summed E-state index contributed by atoms with van der Waals surface area (Å²) < 4.78 is 0. The molecule has 0 aliphatic carbocycles. The maximum absolute atomic E-state index is 4.23. The van der Waals surface area contributed by atoms with Gasteiger partial charge in [0, 0.05) is 20.1 Å². The van der Waals surface area contributed by atoms with E-state index in [1.165, 1.54) is 16.7 Å². The molecular formula is C16H22IN3S. The van der Waals surface area contributed by atoms with Gasteiger partial charge in [-0.2, -0.15) is 11.3 Å². The summed E-state index contributed by atoms with van der Waals surface area (Å²) in [5, 5.41) is 10.9. The van der Waals surface area contributed by atoms with Crippen LogP contribution in [0, 0.1) is 6.92 Å². The highest BCUT2D eigenvalue weighted by molar-refractivity contribution is 14.0. The highest BCUT2D eigenvalue weighted by Gasteiger charge is 1.99. The Hall–Kier alpha value is -1.08. The van der Waals surface area contributed by atoms with Gasteiger partial charge < -0.3 is 10.6 Å². The Morgan fingerprint density at radius 2 is 2.05 bits per heavy atom. The van der Waals surface area contributed by atoms with Crippen LogP contribution in [0.2, 0.25) is 0 Å². The first-order valence-corrected chi connectivity index (χ1v) is 7.73. The van der Waals surface area contributed by atoms with Crippen molar-refractivity contribution in [2.75, 3.05) is 13.6 Å². The number of benzene rings is 1. The maximum Gasteiger partial charge on any atom is 0.191 e. The molecule has 0 spiro atoms. The lowest BCUT2D eigenvalue weighted by molar-refractivity contribution is 0.795. The molecule has 0 amide bonds. The molecule has 114 valence electrons. The molecule has 3 nitrogen and oxygen atoms in total. The van der Waals surface area contributed by atoms with Gasteiger partial charge in [-0.05, 0) is 41.3 Å². The van der Waals surface area contributed by atoms with Gasteiger partial charge >= 0.3 is 0 Å². The third-order valence-corrected chi connectivity index (χ3v) is 3.78. The van der Waals surface area contributed by atoms with E-state index in [1.54, 1.807) is 18.4 Å². The Labute approximate surface area is 147 Å². The number of hydrogen-bond acceptors (Lipinski definition) is 2. The van der Waals surface area contributed by atoms with Crippen molar-refractivity contribution < 1.29 is 0 Å². The molecule has 0 saturated heterocycles. The van der Waals surface area contributed by atoms with Crippen LogP contribution in [0.25, 0.3) is 0 Å². The molecule has 0 aliphatic rings. The number of aliphatic imine (C=N–C) groups is 1. The molecule has 0 radical (unpaired) electrons. The first-order chi connectivity index (χ1) is 9.78. The molecule has 0 saturated carbocycles. The summed E-state index contributed by atoms with van der Waals surface area (Å²) in [6.45, 7) is 3.82. The second-order valence-corrected chi connectivity index (χ2v) is 5.50. The fourth-order valence-corrected chi connectivity index (χ4v) is 2.66. The van der Waals surface area contributed by atoms with Gasteiger partial charge in [-0.1, -0.05) is 29.8 Å². The number of aryl methyl sites for hydroxylation is 1. The molecule has 1 heterocycles. The smallest absolute Gasteiger partial charge is 0.191 e. The van der Waals surface area contributed by atoms with Gasteiger partial charge in [-0.15, -0.1) is 24.0 Å². The number of nitrogens with zero attached hydrogens (tertiary/aromatic N) is 1. The lowest BCUT2D eigenvalue weighted by Gasteiger charge is -2.11. The average molecular weight is 415 g/mol. The van der Waals surface area contributed by atoms with Gasteiger partial charge in [0.05, 0.1) is 0 Å². The van der Waals surface area contributed by atoms with Gasteiger partial charge in [-0.25, -0.2) is 0 Å². The molecule has 2 aromatic rings. The average Bonchev–Trinajstić information content (AvgIpc) is 2.96. The first-order valence-electron chi connectivity index (χ1n) is 6.79. The van der Waals surface area contributed by atoms with Gasteiger partial charge in [0.1, 0.15) is 0 Å². The molecule has 0 unspecified atom stereocenters. The van der Waals surface area contributed by atoms with Crippen molar-refractivity contribution in [3.05, 3.63) is 57.8 Å². The van der Waals surface area contributed by atoms with Crippen molar-refractivity contribution in [1.29, 1.82) is 0 Å². The Kier molecular flexibility index (Phi) is 8.37. The van der Waals surface area contributed by atoms with E-state index < -0.39 is 0 Å². The summed E-state index contributed by atoms with van der Waals surface area (Å²) >= 11 is 1.72. The number of thiophene rings is 1. The second kappa shape index (κ2) is 9.78. The van der Waals surface area contributed by atoms with Crippen molar-refractivity contribution in [3.8, 4) is 0 Å². The zero-order valence-corrected chi connectivity index (χ0v) is 15.6. The zero-order chi connectivity index (χ0) is 14.2. The molecule has 1 aromatic heterocycles. The third-order valence-electron chi connectivity index (χ3n) is 3.05. The lowest BCUT2D eigenvalue weighted by Crippen LogP contribution is -2.37. The number of hydrogen-bond donors (Lipinski definition) is 2. The quantitative estimate of drug-likeness (QED) is 0.445. The van der Waals surface area contributed by atoms with Gasteiger partial charge in [0.25, 0.3) is 0 Å². The van der Waals surface area contributed by atoms with E-state index in [0.717, 1.165) is 25.5 Å². The fraction of sp³-hybridized carbons (Fsp3) is 0.312. The monoisotopic (exact) mass is 415 g/mol. The highest BCUT2D eigenvalue weighted by Crippen LogP contribution is 2.05. The minimum atomic E-state index is 0. The standard InChI is InChI=1S/C16H21N3S.HI/c1-13-4-3-5-14(10-13)6-8-18-16(17-2)19-11-15-7-9-20-12-15;/h3-5,7,9-10,12H,6,8,11H2,1-2H3,(H2,17,18,19);1H. The van der Waals surface area contributed by atoms with Crippen LogP contribution in [0.4, 0.5) is 0 Å². The topological polar surface area (TPSA) is 36.4 Å². The summed E-state index contributed by atoms with van der Waals surface area (Å²) in [5.74, 6) is 0.851. The summed E-state index contributed by atoms with van der Waals surface area (Å²) in [7, 11) is 1.80. The number of rotatable bonds is 5. The van der Waals surface area contributed by atoms with E-state index in [2.05, 4.69) is 63.6 Å². The van der Waals surface area contributed by atoms with Gasteiger partial charge in [-0.3, -0.25) is 4.99 Å². The molecular weight excluding hydrogens is 393 g/mol. The molecule has 2 rings (SSSR count). The molecule has 0 aliphatic heterocycles. The minimum Gasteiger partial charge on any atom is -0.356 e. The molecule has 0 bridgehead atoms. The molecule has 0 atom stereocenters. The van der Waals surface area contributed by atoms with E-state index in [0.29, 0.717) is 0 Å². The molecule has 1 aromatic carbocycles. The predicted molar refractivity (Wildman–Crippen MR) is 103 cm³/mol. The van der Waals surface area contributed by atoms with Crippen molar-refractivity contribution in [2.24, 2.45) is 4.99 Å². The lowest BCUT2D eigenvalue weighted by atomic mass is 10.1. The van der Waals surface area contributed by atoms with Crippen LogP contribution in [0.15, 0.2) is 46.1 Å². The van der Waals surface area contributed by atoms with Crippen LogP contribution >= 0.6 is 35.3 Å². The largest absolute Gasteiger partial charge is 0.356 e. The highest BCUT2D eigenvalue weighted by atomic mass is 127. The zero-order valence-electron chi connectivity index (χ0n) is 12.4. The van der Waals surface area contributed by atoms with E-state index in [1.807, 2.05) is 0 Å². The van der Waals surface area contributed by atoms with Crippen LogP contribution in [0.1, 0.15) is 16.7 Å². The number of guanidine groups is 1. The Morgan fingerprint density at radius 1 is 1.19 bits per heavy atom. The van der Waals surface area contributed by atoms with Gasteiger partial charge in [0.2, 0.25) is 0 Å². The van der Waals surface area contributed by atoms with Gasteiger partial charge in [0.15, 0.2) is 5.96 Å². The van der Waals surface area contributed by atoms with E-state index in [-0.39, 0.29) is 24.0 Å².